The summed E-state index contributed by atoms with van der Waals surface area (Å²) in [5.41, 5.74) is 0.815. The van der Waals surface area contributed by atoms with E-state index in [4.69, 9.17) is 4.74 Å². The van der Waals surface area contributed by atoms with Crippen molar-refractivity contribution in [2.24, 2.45) is 0 Å². The topological polar surface area (TPSA) is 61.9 Å². The molecule has 0 spiro atoms. The maximum absolute atomic E-state index is 12.4. The molecule has 0 radical (unpaired) electrons. The molecule has 0 saturated carbocycles. The minimum Gasteiger partial charge on any atom is -0.484 e. The van der Waals surface area contributed by atoms with Gasteiger partial charge in [-0.2, -0.15) is 0 Å². The van der Waals surface area contributed by atoms with Gasteiger partial charge in [0.25, 0.3) is 5.91 Å². The highest BCUT2D eigenvalue weighted by Crippen LogP contribution is 2.17. The number of anilines is 1. The number of ether oxygens (including phenoxy) is 1. The molecule has 0 bridgehead atoms. The van der Waals surface area contributed by atoms with Crippen molar-refractivity contribution in [1.82, 2.24) is 9.80 Å². The number of likely N-dealkylation sites (N-methyl/N-ethyl adjacent to an activating group) is 1. The Morgan fingerprint density at radius 3 is 2.48 bits per heavy atom. The number of amides is 2. The van der Waals surface area contributed by atoms with Gasteiger partial charge in [0.15, 0.2) is 6.61 Å². The number of likely N-dealkylation sites (tertiary alicyclic amines) is 1. The minimum absolute atomic E-state index is 0.00314. The predicted molar refractivity (Wildman–Crippen MR) is 98.8 cm³/mol. The molecule has 1 aromatic carbocycles. The van der Waals surface area contributed by atoms with E-state index in [2.05, 4.69) is 5.32 Å². The van der Waals surface area contributed by atoms with Crippen molar-refractivity contribution in [3.05, 3.63) is 24.3 Å². The fourth-order valence-corrected chi connectivity index (χ4v) is 2.76. The number of carbonyl (C=O) groups is 2. The van der Waals surface area contributed by atoms with E-state index in [1.54, 1.807) is 20.2 Å². The van der Waals surface area contributed by atoms with Crippen molar-refractivity contribution in [1.29, 1.82) is 0 Å². The predicted octanol–water partition coefficient (Wildman–Crippen LogP) is 2.36. The zero-order valence-corrected chi connectivity index (χ0v) is 15.3. The van der Waals surface area contributed by atoms with Crippen LogP contribution in [-0.4, -0.2) is 62.0 Å². The Bertz CT molecular complexity index is 567. The van der Waals surface area contributed by atoms with Gasteiger partial charge in [0.05, 0.1) is 6.54 Å². The SMILES string of the molecule is CN(C)C(=O)COc1cccc(NCC(=O)N2CCCCCCC2)c1. The molecule has 1 aliphatic rings. The lowest BCUT2D eigenvalue weighted by Crippen LogP contribution is -2.37. The summed E-state index contributed by atoms with van der Waals surface area (Å²) in [7, 11) is 3.39. The molecule has 1 aliphatic heterocycles. The summed E-state index contributed by atoms with van der Waals surface area (Å²) in [4.78, 5) is 27.4. The van der Waals surface area contributed by atoms with Gasteiger partial charge < -0.3 is 19.9 Å². The molecule has 6 heteroatoms. The molecule has 0 aromatic heterocycles. The summed E-state index contributed by atoms with van der Waals surface area (Å²) in [6.45, 7) is 2.00. The first kappa shape index (κ1) is 19.1. The van der Waals surface area contributed by atoms with Crippen molar-refractivity contribution >= 4 is 17.5 Å². The Kier molecular flexibility index (Phi) is 7.57. The lowest BCUT2D eigenvalue weighted by molar-refractivity contribution is -0.131. The molecule has 1 fully saturated rings. The Hall–Kier alpha value is -2.24. The number of hydrogen-bond acceptors (Lipinski definition) is 4. The second kappa shape index (κ2) is 9.91. The van der Waals surface area contributed by atoms with Crippen LogP contribution in [-0.2, 0) is 9.59 Å². The number of nitrogens with one attached hydrogen (secondary N) is 1. The molecular weight excluding hydrogens is 318 g/mol. The van der Waals surface area contributed by atoms with Crippen LogP contribution in [0.3, 0.4) is 0 Å². The quantitative estimate of drug-likeness (QED) is 0.858. The van der Waals surface area contributed by atoms with Gasteiger partial charge >= 0.3 is 0 Å². The van der Waals surface area contributed by atoms with E-state index in [1.807, 2.05) is 23.1 Å². The van der Waals surface area contributed by atoms with Gasteiger partial charge in [-0.1, -0.05) is 25.3 Å². The van der Waals surface area contributed by atoms with Crippen LogP contribution in [0, 0.1) is 0 Å². The highest BCUT2D eigenvalue weighted by molar-refractivity contribution is 5.81. The third-order valence-corrected chi connectivity index (χ3v) is 4.35. The molecule has 1 saturated heterocycles. The first-order valence-electron chi connectivity index (χ1n) is 9.01. The summed E-state index contributed by atoms with van der Waals surface area (Å²) < 4.78 is 5.50. The molecule has 25 heavy (non-hydrogen) atoms. The second-order valence-electron chi connectivity index (χ2n) is 6.61. The summed E-state index contributed by atoms with van der Waals surface area (Å²) in [5, 5.41) is 3.16. The standard InChI is InChI=1S/C19H29N3O3/c1-21(2)19(24)15-25-17-10-8-9-16(13-17)20-14-18(23)22-11-6-4-3-5-7-12-22/h8-10,13,20H,3-7,11-12,14-15H2,1-2H3. The van der Waals surface area contributed by atoms with Crippen LogP contribution in [0.15, 0.2) is 24.3 Å². The highest BCUT2D eigenvalue weighted by Gasteiger charge is 2.14. The van der Waals surface area contributed by atoms with Gasteiger partial charge in [0.2, 0.25) is 5.91 Å². The molecule has 1 N–H and O–H groups in total. The fraction of sp³-hybridized carbons (Fsp3) is 0.579. The smallest absolute Gasteiger partial charge is 0.259 e. The number of rotatable bonds is 6. The first-order chi connectivity index (χ1) is 12.1. The number of carbonyl (C=O) groups excluding carboxylic acids is 2. The normalized spacial score (nSPS) is 15.0. The maximum atomic E-state index is 12.4. The Labute approximate surface area is 150 Å². The molecule has 6 nitrogen and oxygen atoms in total. The zero-order valence-electron chi connectivity index (χ0n) is 15.3. The molecule has 1 aromatic rings. The van der Waals surface area contributed by atoms with E-state index in [9.17, 15) is 9.59 Å². The number of benzene rings is 1. The lowest BCUT2D eigenvalue weighted by Gasteiger charge is -2.25. The molecule has 2 rings (SSSR count). The van der Waals surface area contributed by atoms with Crippen LogP contribution in [0.5, 0.6) is 5.75 Å². The average molecular weight is 347 g/mol. The first-order valence-corrected chi connectivity index (χ1v) is 9.01. The van der Waals surface area contributed by atoms with Crippen LogP contribution in [0.25, 0.3) is 0 Å². The summed E-state index contributed by atoms with van der Waals surface area (Å²) >= 11 is 0. The summed E-state index contributed by atoms with van der Waals surface area (Å²) in [6.07, 6.45) is 5.89. The summed E-state index contributed by atoms with van der Waals surface area (Å²) in [6, 6.07) is 7.34. The van der Waals surface area contributed by atoms with E-state index in [0.717, 1.165) is 31.6 Å². The van der Waals surface area contributed by atoms with Gasteiger partial charge in [-0.3, -0.25) is 9.59 Å². The largest absolute Gasteiger partial charge is 0.484 e. The Morgan fingerprint density at radius 1 is 1.12 bits per heavy atom. The number of nitrogens with zero attached hydrogens (tertiary/aromatic N) is 2. The molecule has 0 aliphatic carbocycles. The molecule has 0 atom stereocenters. The van der Waals surface area contributed by atoms with E-state index in [0.29, 0.717) is 5.75 Å². The van der Waals surface area contributed by atoms with Crippen LogP contribution in [0.2, 0.25) is 0 Å². The van der Waals surface area contributed by atoms with Crippen molar-refractivity contribution < 1.29 is 14.3 Å². The van der Waals surface area contributed by atoms with Crippen molar-refractivity contribution in [2.45, 2.75) is 32.1 Å². The summed E-state index contributed by atoms with van der Waals surface area (Å²) in [5.74, 6) is 0.653. The average Bonchev–Trinajstić information content (AvgIpc) is 2.57. The van der Waals surface area contributed by atoms with E-state index in [1.165, 1.54) is 24.2 Å². The highest BCUT2D eigenvalue weighted by atomic mass is 16.5. The van der Waals surface area contributed by atoms with Gasteiger partial charge in [0, 0.05) is 38.9 Å². The van der Waals surface area contributed by atoms with Gasteiger partial charge in [0.1, 0.15) is 5.75 Å². The van der Waals surface area contributed by atoms with Gasteiger partial charge in [-0.05, 0) is 25.0 Å². The van der Waals surface area contributed by atoms with Crippen LogP contribution in [0.4, 0.5) is 5.69 Å². The van der Waals surface area contributed by atoms with E-state index in [-0.39, 0.29) is 25.0 Å². The lowest BCUT2D eigenvalue weighted by atomic mass is 10.1. The van der Waals surface area contributed by atoms with E-state index >= 15 is 0 Å². The molecule has 1 heterocycles. The molecule has 138 valence electrons. The van der Waals surface area contributed by atoms with Crippen molar-refractivity contribution in [3.63, 3.8) is 0 Å². The fourth-order valence-electron chi connectivity index (χ4n) is 2.76. The maximum Gasteiger partial charge on any atom is 0.259 e. The van der Waals surface area contributed by atoms with Gasteiger partial charge in [-0.25, -0.2) is 0 Å². The monoisotopic (exact) mass is 347 g/mol. The van der Waals surface area contributed by atoms with Crippen LogP contribution in [0.1, 0.15) is 32.1 Å². The Morgan fingerprint density at radius 2 is 1.80 bits per heavy atom. The zero-order chi connectivity index (χ0) is 18.1. The van der Waals surface area contributed by atoms with Crippen LogP contribution < -0.4 is 10.1 Å². The molecule has 2 amide bonds. The molecular formula is C19H29N3O3. The van der Waals surface area contributed by atoms with Gasteiger partial charge in [-0.15, -0.1) is 0 Å². The number of hydrogen-bond donors (Lipinski definition) is 1. The Balaban J connectivity index is 1.82. The molecule has 0 unspecified atom stereocenters. The van der Waals surface area contributed by atoms with Crippen molar-refractivity contribution in [3.8, 4) is 5.75 Å². The minimum atomic E-state index is -0.0920. The van der Waals surface area contributed by atoms with Crippen LogP contribution >= 0.6 is 0 Å². The van der Waals surface area contributed by atoms with E-state index < -0.39 is 0 Å². The third kappa shape index (κ3) is 6.64. The van der Waals surface area contributed by atoms with Crippen molar-refractivity contribution in [2.75, 3.05) is 45.7 Å². The third-order valence-electron chi connectivity index (χ3n) is 4.35. The second-order valence-corrected chi connectivity index (χ2v) is 6.61.